The fraction of sp³-hybridized carbons (Fsp3) is 0.400. The number of carbonyl (C=O) groups excluding carboxylic acids is 2. The number of carbonyl (C=O) groups is 2. The highest BCUT2D eigenvalue weighted by Crippen LogP contribution is 2.26. The molecule has 3 heterocycles. The molecule has 2 fully saturated rings. The molecule has 0 spiro atoms. The number of primary amides is 1. The van der Waals surface area contributed by atoms with Crippen molar-refractivity contribution in [2.75, 3.05) is 42.8 Å². The van der Waals surface area contributed by atoms with Crippen LogP contribution in [0.4, 0.5) is 5.69 Å². The van der Waals surface area contributed by atoms with Crippen molar-refractivity contribution in [2.45, 2.75) is 12.5 Å². The lowest BCUT2D eigenvalue weighted by molar-refractivity contribution is -0.130. The van der Waals surface area contributed by atoms with Crippen LogP contribution in [0.15, 0.2) is 24.3 Å². The minimum atomic E-state index is -0.558. The molecule has 8 nitrogen and oxygen atoms in total. The first-order valence-electron chi connectivity index (χ1n) is 9.40. The van der Waals surface area contributed by atoms with E-state index >= 15 is 0 Å². The Labute approximate surface area is 172 Å². The van der Waals surface area contributed by atoms with E-state index in [0.717, 1.165) is 18.8 Å². The van der Waals surface area contributed by atoms with Crippen molar-refractivity contribution in [1.29, 1.82) is 5.26 Å². The highest BCUT2D eigenvalue weighted by molar-refractivity contribution is 7.99. The zero-order valence-electron chi connectivity index (χ0n) is 15.8. The summed E-state index contributed by atoms with van der Waals surface area (Å²) in [6.45, 7) is 2.90. The maximum atomic E-state index is 12.6. The smallest absolute Gasteiger partial charge is 0.249 e. The lowest BCUT2D eigenvalue weighted by atomic mass is 10.0. The van der Waals surface area contributed by atoms with Gasteiger partial charge in [0.25, 0.3) is 0 Å². The van der Waals surface area contributed by atoms with Gasteiger partial charge >= 0.3 is 0 Å². The molecule has 1 aromatic carbocycles. The number of nitriles is 1. The van der Waals surface area contributed by atoms with Crippen LogP contribution in [0.5, 0.6) is 0 Å². The number of amides is 2. The number of pyridine rings is 1. The summed E-state index contributed by atoms with van der Waals surface area (Å²) in [4.78, 5) is 33.1. The molecule has 0 bridgehead atoms. The number of nitrogens with zero attached hydrogens (tertiary/aromatic N) is 4. The lowest BCUT2D eigenvalue weighted by Crippen LogP contribution is -2.36. The SMILES string of the molecule is N#CC1CSCN1C(=O)Cc1cc(C(N)=O)c2cc(N3CCOCC3)ccc2n1. The third-order valence-electron chi connectivity index (χ3n) is 5.17. The lowest BCUT2D eigenvalue weighted by Gasteiger charge is -2.29. The minimum Gasteiger partial charge on any atom is -0.378 e. The van der Waals surface area contributed by atoms with Crippen LogP contribution < -0.4 is 10.6 Å². The number of benzene rings is 1. The van der Waals surface area contributed by atoms with Gasteiger partial charge in [0.1, 0.15) is 6.04 Å². The summed E-state index contributed by atoms with van der Waals surface area (Å²) in [5, 5.41) is 9.87. The van der Waals surface area contributed by atoms with E-state index in [1.165, 1.54) is 0 Å². The van der Waals surface area contributed by atoms with Crippen LogP contribution in [0.1, 0.15) is 16.1 Å². The van der Waals surface area contributed by atoms with Gasteiger partial charge in [0.15, 0.2) is 0 Å². The molecule has 2 aliphatic rings. The molecule has 0 radical (unpaired) electrons. The molecule has 2 N–H and O–H groups in total. The van der Waals surface area contributed by atoms with Gasteiger partial charge in [-0.1, -0.05) is 0 Å². The van der Waals surface area contributed by atoms with Gasteiger partial charge < -0.3 is 20.3 Å². The van der Waals surface area contributed by atoms with Crippen LogP contribution in [-0.4, -0.2) is 65.7 Å². The highest BCUT2D eigenvalue weighted by Gasteiger charge is 2.29. The Morgan fingerprint density at radius 1 is 1.31 bits per heavy atom. The Bertz CT molecular complexity index is 1000. The number of rotatable bonds is 4. The second-order valence-corrected chi connectivity index (χ2v) is 8.01. The third-order valence-corrected chi connectivity index (χ3v) is 6.18. The normalized spacial score (nSPS) is 19.3. The van der Waals surface area contributed by atoms with E-state index in [-0.39, 0.29) is 12.3 Å². The van der Waals surface area contributed by atoms with Gasteiger partial charge in [0, 0.05) is 29.9 Å². The van der Waals surface area contributed by atoms with Gasteiger partial charge in [-0.3, -0.25) is 14.6 Å². The van der Waals surface area contributed by atoms with E-state index < -0.39 is 11.9 Å². The molecule has 2 aromatic rings. The van der Waals surface area contributed by atoms with Crippen LogP contribution in [0.25, 0.3) is 10.9 Å². The maximum Gasteiger partial charge on any atom is 0.249 e. The number of fused-ring (bicyclic) bond motifs is 1. The molecule has 2 amide bonds. The average molecular weight is 411 g/mol. The summed E-state index contributed by atoms with van der Waals surface area (Å²) in [7, 11) is 0. The summed E-state index contributed by atoms with van der Waals surface area (Å²) < 4.78 is 5.40. The van der Waals surface area contributed by atoms with E-state index in [9.17, 15) is 14.9 Å². The Balaban J connectivity index is 1.65. The van der Waals surface area contributed by atoms with Crippen molar-refractivity contribution in [1.82, 2.24) is 9.88 Å². The molecule has 29 heavy (non-hydrogen) atoms. The predicted molar refractivity (Wildman–Crippen MR) is 111 cm³/mol. The number of hydrogen-bond donors (Lipinski definition) is 1. The first kappa shape index (κ1) is 19.5. The average Bonchev–Trinajstić information content (AvgIpc) is 3.22. The van der Waals surface area contributed by atoms with E-state index in [1.54, 1.807) is 22.7 Å². The van der Waals surface area contributed by atoms with E-state index in [0.29, 0.717) is 47.0 Å². The summed E-state index contributed by atoms with van der Waals surface area (Å²) >= 11 is 1.55. The zero-order valence-corrected chi connectivity index (χ0v) is 16.7. The summed E-state index contributed by atoms with van der Waals surface area (Å²) in [5.74, 6) is 0.381. The van der Waals surface area contributed by atoms with Crippen LogP contribution >= 0.6 is 11.8 Å². The largest absolute Gasteiger partial charge is 0.378 e. The molecule has 4 rings (SSSR count). The van der Waals surface area contributed by atoms with Crippen molar-refractivity contribution in [2.24, 2.45) is 5.73 Å². The minimum absolute atomic E-state index is 0.0280. The molecule has 9 heteroatoms. The quantitative estimate of drug-likeness (QED) is 0.803. The highest BCUT2D eigenvalue weighted by atomic mass is 32.2. The molecule has 2 saturated heterocycles. The first-order valence-corrected chi connectivity index (χ1v) is 10.6. The van der Waals surface area contributed by atoms with Crippen molar-refractivity contribution >= 4 is 40.2 Å². The fourth-order valence-electron chi connectivity index (χ4n) is 3.63. The second-order valence-electron chi connectivity index (χ2n) is 7.01. The van der Waals surface area contributed by atoms with Gasteiger partial charge in [-0.25, -0.2) is 0 Å². The molecule has 2 aliphatic heterocycles. The number of aromatic nitrogens is 1. The van der Waals surface area contributed by atoms with Crippen LogP contribution in [0.2, 0.25) is 0 Å². The molecule has 1 aromatic heterocycles. The second kappa shape index (κ2) is 8.27. The molecule has 0 aliphatic carbocycles. The Hall–Kier alpha value is -2.83. The van der Waals surface area contributed by atoms with Gasteiger partial charge in [-0.15, -0.1) is 11.8 Å². The predicted octanol–water partition coefficient (Wildman–Crippen LogP) is 1.14. The summed E-state index contributed by atoms with van der Waals surface area (Å²) in [5.41, 5.74) is 8.06. The number of thioether (sulfide) groups is 1. The fourth-order valence-corrected chi connectivity index (χ4v) is 4.74. The zero-order chi connectivity index (χ0) is 20.4. The standard InChI is InChI=1S/C20H21N5O3S/c21-10-15-11-29-12-25(15)19(26)8-13-7-17(20(22)27)16-9-14(1-2-18(16)23-13)24-3-5-28-6-4-24/h1-2,7,9,15H,3-6,8,11-12H2,(H2,22,27). The van der Waals surface area contributed by atoms with E-state index in [2.05, 4.69) is 16.0 Å². The topological polar surface area (TPSA) is 113 Å². The van der Waals surface area contributed by atoms with Gasteiger partial charge in [-0.05, 0) is 24.3 Å². The van der Waals surface area contributed by atoms with Crippen molar-refractivity contribution in [3.63, 3.8) is 0 Å². The van der Waals surface area contributed by atoms with Gasteiger partial charge in [0.2, 0.25) is 11.8 Å². The number of anilines is 1. The number of morpholine rings is 1. The van der Waals surface area contributed by atoms with Crippen molar-refractivity contribution in [3.8, 4) is 6.07 Å². The van der Waals surface area contributed by atoms with Crippen LogP contribution in [0, 0.1) is 11.3 Å². The van der Waals surface area contributed by atoms with E-state index in [1.807, 2.05) is 18.2 Å². The number of hydrogen-bond acceptors (Lipinski definition) is 7. The molecule has 150 valence electrons. The number of ether oxygens (including phenoxy) is 1. The molecule has 1 unspecified atom stereocenters. The maximum absolute atomic E-state index is 12.6. The monoisotopic (exact) mass is 411 g/mol. The molecular weight excluding hydrogens is 390 g/mol. The third kappa shape index (κ3) is 3.99. The molecule has 1 atom stereocenters. The summed E-state index contributed by atoms with van der Waals surface area (Å²) in [6.07, 6.45) is 0.0280. The first-order chi connectivity index (χ1) is 14.1. The van der Waals surface area contributed by atoms with Crippen LogP contribution in [0.3, 0.4) is 0 Å². The summed E-state index contributed by atoms with van der Waals surface area (Å²) in [6, 6.07) is 9.06. The van der Waals surface area contributed by atoms with Crippen molar-refractivity contribution < 1.29 is 14.3 Å². The van der Waals surface area contributed by atoms with Crippen LogP contribution in [-0.2, 0) is 16.0 Å². The van der Waals surface area contributed by atoms with Gasteiger partial charge in [-0.2, -0.15) is 5.26 Å². The molecule has 0 saturated carbocycles. The number of nitrogens with two attached hydrogens (primary N) is 1. The van der Waals surface area contributed by atoms with E-state index in [4.69, 9.17) is 10.5 Å². The Morgan fingerprint density at radius 2 is 2.10 bits per heavy atom. The Kier molecular flexibility index (Phi) is 5.56. The van der Waals surface area contributed by atoms with Gasteiger partial charge in [0.05, 0.1) is 48.4 Å². The Morgan fingerprint density at radius 3 is 2.83 bits per heavy atom. The van der Waals surface area contributed by atoms with Crippen molar-refractivity contribution in [3.05, 3.63) is 35.5 Å². The molecular formula is C20H21N5O3S.